The molecule has 4 unspecified atom stereocenters. The van der Waals surface area contributed by atoms with Crippen LogP contribution in [0.25, 0.3) is 0 Å². The van der Waals surface area contributed by atoms with Gasteiger partial charge < -0.3 is 14.8 Å². The molecule has 1 N–H and O–H groups in total. The number of methoxy groups -OCH3 is 1. The van der Waals surface area contributed by atoms with Crippen LogP contribution in [0.2, 0.25) is 0 Å². The van der Waals surface area contributed by atoms with Crippen molar-refractivity contribution >= 4 is 12.3 Å². The fraction of sp³-hybridized carbons (Fsp3) is 0.750. The Bertz CT molecular complexity index is 380. The average molecular weight is 297 g/mol. The maximum Gasteiger partial charge on any atom is 0.356 e. The molecule has 0 aliphatic heterocycles. The van der Waals surface area contributed by atoms with Crippen LogP contribution in [0.3, 0.4) is 0 Å². The number of carbonyl (C=O) groups excluding carboxylic acids is 2. The minimum atomic E-state index is -0.993. The third-order valence-electron chi connectivity index (χ3n) is 4.14. The number of ether oxygens (including phenoxy) is 2. The van der Waals surface area contributed by atoms with Crippen LogP contribution in [0.1, 0.15) is 40.0 Å². The second kappa shape index (κ2) is 8.17. The fourth-order valence-electron chi connectivity index (χ4n) is 2.88. The zero-order valence-electron chi connectivity index (χ0n) is 13.4. The lowest BCUT2D eigenvalue weighted by atomic mass is 9.75. The number of carbonyl (C=O) groups is 2. The second-order valence-corrected chi connectivity index (χ2v) is 6.20. The van der Waals surface area contributed by atoms with Crippen molar-refractivity contribution in [1.82, 2.24) is 5.32 Å². The molecule has 0 aromatic carbocycles. The summed E-state index contributed by atoms with van der Waals surface area (Å²) < 4.78 is 10.7. The molecule has 21 heavy (non-hydrogen) atoms. The van der Waals surface area contributed by atoms with Gasteiger partial charge in [-0.2, -0.15) is 0 Å². The average Bonchev–Trinajstić information content (AvgIpc) is 2.43. The summed E-state index contributed by atoms with van der Waals surface area (Å²) >= 11 is 0. The van der Waals surface area contributed by atoms with Crippen molar-refractivity contribution in [2.24, 2.45) is 17.8 Å². The van der Waals surface area contributed by atoms with Gasteiger partial charge in [0.25, 0.3) is 0 Å². The Morgan fingerprint density at radius 1 is 1.38 bits per heavy atom. The van der Waals surface area contributed by atoms with Crippen LogP contribution in [-0.4, -0.2) is 31.7 Å². The number of aldehydes is 1. The summed E-state index contributed by atoms with van der Waals surface area (Å²) in [5.41, 5.74) is 0.0937. The van der Waals surface area contributed by atoms with E-state index in [1.165, 1.54) is 13.5 Å². The van der Waals surface area contributed by atoms with Crippen molar-refractivity contribution in [2.75, 3.05) is 7.11 Å². The Balaban J connectivity index is 2.68. The Morgan fingerprint density at radius 3 is 2.57 bits per heavy atom. The maximum atomic E-state index is 12.2. The summed E-state index contributed by atoms with van der Waals surface area (Å²) in [5, 5.41) is 2.60. The van der Waals surface area contributed by atoms with E-state index >= 15 is 0 Å². The van der Waals surface area contributed by atoms with Gasteiger partial charge in [-0.25, -0.2) is 4.79 Å². The molecule has 1 fully saturated rings. The van der Waals surface area contributed by atoms with Crippen LogP contribution in [0.5, 0.6) is 0 Å². The van der Waals surface area contributed by atoms with Gasteiger partial charge in [-0.1, -0.05) is 33.8 Å². The van der Waals surface area contributed by atoms with Crippen LogP contribution in [-0.2, 0) is 19.1 Å². The molecule has 5 nitrogen and oxygen atoms in total. The highest BCUT2D eigenvalue weighted by Crippen LogP contribution is 2.35. The lowest BCUT2D eigenvalue weighted by Crippen LogP contribution is -2.44. The van der Waals surface area contributed by atoms with E-state index < -0.39 is 12.2 Å². The molecule has 1 saturated carbocycles. The van der Waals surface area contributed by atoms with Gasteiger partial charge in [-0.05, 0) is 30.6 Å². The third-order valence-corrected chi connectivity index (χ3v) is 4.14. The molecule has 4 atom stereocenters. The van der Waals surface area contributed by atoms with Crippen LogP contribution in [0.4, 0.5) is 0 Å². The molecule has 1 aliphatic carbocycles. The van der Waals surface area contributed by atoms with E-state index in [2.05, 4.69) is 32.7 Å². The highest BCUT2D eigenvalue weighted by Gasteiger charge is 2.35. The molecular formula is C16H27NO4. The molecular weight excluding hydrogens is 270 g/mol. The largest absolute Gasteiger partial charge is 0.459 e. The zero-order chi connectivity index (χ0) is 16.0. The van der Waals surface area contributed by atoms with E-state index in [1.54, 1.807) is 0 Å². The quantitative estimate of drug-likeness (QED) is 0.338. The molecule has 1 aliphatic rings. The first-order valence-corrected chi connectivity index (χ1v) is 7.52. The fourth-order valence-corrected chi connectivity index (χ4v) is 2.88. The third kappa shape index (κ3) is 5.16. The molecule has 120 valence electrons. The topological polar surface area (TPSA) is 64.6 Å². The molecule has 5 heteroatoms. The first-order valence-electron chi connectivity index (χ1n) is 7.52. The van der Waals surface area contributed by atoms with Crippen molar-refractivity contribution in [3.05, 3.63) is 12.3 Å². The van der Waals surface area contributed by atoms with Crippen LogP contribution in [0, 0.1) is 17.8 Å². The van der Waals surface area contributed by atoms with E-state index in [0.717, 1.165) is 12.8 Å². The van der Waals surface area contributed by atoms with Gasteiger partial charge in [0.2, 0.25) is 6.23 Å². The Hall–Kier alpha value is -1.36. The Labute approximate surface area is 127 Å². The highest BCUT2D eigenvalue weighted by atomic mass is 16.6. The van der Waals surface area contributed by atoms with Gasteiger partial charge in [-0.3, -0.25) is 4.79 Å². The minimum Gasteiger partial charge on any atom is -0.459 e. The first kappa shape index (κ1) is 17.7. The number of esters is 1. The Kier molecular flexibility index (Phi) is 6.89. The van der Waals surface area contributed by atoms with Gasteiger partial charge in [0.15, 0.2) is 6.29 Å². The van der Waals surface area contributed by atoms with E-state index in [0.29, 0.717) is 24.0 Å². The highest BCUT2D eigenvalue weighted by molar-refractivity contribution is 5.78. The normalized spacial score (nSPS) is 27.0. The molecule has 0 aromatic rings. The standard InChI is InChI=1S/C16H27NO4/c1-10(2)13-7-6-11(3)8-14(13)21-16(19)15(20-5)17-12(4)9-18/h9-11,13-15,17H,4,6-8H2,1-3,5H3. The van der Waals surface area contributed by atoms with Crippen molar-refractivity contribution in [3.8, 4) is 0 Å². The smallest absolute Gasteiger partial charge is 0.356 e. The number of hydrogen-bond acceptors (Lipinski definition) is 5. The number of nitrogens with one attached hydrogen (secondary N) is 1. The maximum absolute atomic E-state index is 12.2. The van der Waals surface area contributed by atoms with Crippen LogP contribution < -0.4 is 5.32 Å². The molecule has 1 rings (SSSR count). The number of hydrogen-bond donors (Lipinski definition) is 1. The monoisotopic (exact) mass is 297 g/mol. The number of rotatable bonds is 7. The van der Waals surface area contributed by atoms with E-state index in [1.807, 2.05) is 0 Å². The zero-order valence-corrected chi connectivity index (χ0v) is 13.4. The summed E-state index contributed by atoms with van der Waals surface area (Å²) in [6.07, 6.45) is 2.57. The molecule has 0 aromatic heterocycles. The predicted octanol–water partition coefficient (Wildman–Crippen LogP) is 2.27. The summed E-state index contributed by atoms with van der Waals surface area (Å²) in [5.74, 6) is 0.896. The summed E-state index contributed by atoms with van der Waals surface area (Å²) in [4.78, 5) is 22.8. The first-order chi connectivity index (χ1) is 9.88. The minimum absolute atomic E-state index is 0.0924. The summed E-state index contributed by atoms with van der Waals surface area (Å²) in [6.45, 7) is 9.97. The van der Waals surface area contributed by atoms with Gasteiger partial charge in [-0.15, -0.1) is 0 Å². The lowest BCUT2D eigenvalue weighted by molar-refractivity contribution is -0.169. The predicted molar refractivity (Wildman–Crippen MR) is 80.4 cm³/mol. The van der Waals surface area contributed by atoms with Gasteiger partial charge in [0.1, 0.15) is 6.10 Å². The molecule has 0 heterocycles. The summed E-state index contributed by atoms with van der Waals surface area (Å²) in [7, 11) is 1.39. The van der Waals surface area contributed by atoms with Crippen LogP contribution >= 0.6 is 0 Å². The number of allylic oxidation sites excluding steroid dienone is 1. The van der Waals surface area contributed by atoms with Crippen molar-refractivity contribution in [3.63, 3.8) is 0 Å². The van der Waals surface area contributed by atoms with Gasteiger partial charge in [0, 0.05) is 7.11 Å². The molecule has 0 spiro atoms. The molecule has 0 bridgehead atoms. The van der Waals surface area contributed by atoms with Crippen molar-refractivity contribution in [1.29, 1.82) is 0 Å². The second-order valence-electron chi connectivity index (χ2n) is 6.20. The van der Waals surface area contributed by atoms with E-state index in [-0.39, 0.29) is 11.8 Å². The lowest BCUT2D eigenvalue weighted by Gasteiger charge is -2.37. The molecule has 0 radical (unpaired) electrons. The molecule has 0 saturated heterocycles. The Morgan fingerprint density at radius 2 is 2.05 bits per heavy atom. The van der Waals surface area contributed by atoms with E-state index in [9.17, 15) is 9.59 Å². The summed E-state index contributed by atoms with van der Waals surface area (Å²) in [6, 6.07) is 0. The van der Waals surface area contributed by atoms with Crippen molar-refractivity contribution < 1.29 is 19.1 Å². The van der Waals surface area contributed by atoms with Crippen molar-refractivity contribution in [2.45, 2.75) is 52.4 Å². The molecule has 0 amide bonds. The van der Waals surface area contributed by atoms with E-state index in [4.69, 9.17) is 9.47 Å². The van der Waals surface area contributed by atoms with Crippen LogP contribution in [0.15, 0.2) is 12.3 Å². The SMILES string of the molecule is C=C(C=O)NC(OC)C(=O)OC1CC(C)CCC1C(C)C. The van der Waals surface area contributed by atoms with Gasteiger partial charge in [0.05, 0.1) is 5.70 Å². The van der Waals surface area contributed by atoms with Gasteiger partial charge >= 0.3 is 5.97 Å².